The number of halogens is 3. The molecule has 0 saturated heterocycles. The molecule has 1 unspecified atom stereocenters. The van der Waals surface area contributed by atoms with Crippen LogP contribution in [0.2, 0.25) is 0 Å². The smallest absolute Gasteiger partial charge is 0.382 e. The number of fused-ring (bicyclic) bond motifs is 1. The van der Waals surface area contributed by atoms with Gasteiger partial charge in [-0.2, -0.15) is 13.2 Å². The number of aromatic nitrogens is 2. The average Bonchev–Trinajstić information content (AvgIpc) is 3.03. The van der Waals surface area contributed by atoms with Gasteiger partial charge in [-0.05, 0) is 30.2 Å². The van der Waals surface area contributed by atoms with Gasteiger partial charge in [0.05, 0.1) is 12.1 Å². The van der Waals surface area contributed by atoms with Crippen LogP contribution in [-0.2, 0) is 6.54 Å². The molecule has 0 fully saturated rings. The van der Waals surface area contributed by atoms with Crippen LogP contribution < -0.4 is 0 Å². The van der Waals surface area contributed by atoms with Crippen molar-refractivity contribution >= 4 is 11.4 Å². The number of aliphatic hydroxyl groups is 1. The van der Waals surface area contributed by atoms with Crippen molar-refractivity contribution in [3.63, 3.8) is 0 Å². The Bertz CT molecular complexity index is 938. The van der Waals surface area contributed by atoms with Gasteiger partial charge in [0, 0.05) is 12.7 Å². The number of aryl methyl sites for hydroxylation is 1. The first-order chi connectivity index (χ1) is 12.8. The Labute approximate surface area is 153 Å². The second-order valence-electron chi connectivity index (χ2n) is 6.32. The van der Waals surface area contributed by atoms with E-state index in [0.29, 0.717) is 11.1 Å². The van der Waals surface area contributed by atoms with Crippen LogP contribution in [0.1, 0.15) is 21.6 Å². The highest BCUT2D eigenvalue weighted by Crippen LogP contribution is 2.23. The lowest BCUT2D eigenvalue weighted by Gasteiger charge is -2.26. The predicted octanol–water partition coefficient (Wildman–Crippen LogP) is 3.21. The van der Waals surface area contributed by atoms with Crippen LogP contribution in [-0.4, -0.2) is 44.1 Å². The van der Waals surface area contributed by atoms with E-state index in [4.69, 9.17) is 0 Å². The number of hydrogen-bond donors (Lipinski definition) is 1. The minimum Gasteiger partial charge on any atom is -0.382 e. The molecule has 27 heavy (non-hydrogen) atoms. The lowest BCUT2D eigenvalue weighted by atomic mass is 10.1. The van der Waals surface area contributed by atoms with Crippen molar-refractivity contribution in [1.29, 1.82) is 0 Å². The van der Waals surface area contributed by atoms with Crippen LogP contribution >= 0.6 is 0 Å². The van der Waals surface area contributed by atoms with E-state index in [0.717, 1.165) is 10.5 Å². The Kier molecular flexibility index (Phi) is 5.18. The van der Waals surface area contributed by atoms with Gasteiger partial charge < -0.3 is 14.4 Å². The van der Waals surface area contributed by atoms with Gasteiger partial charge >= 0.3 is 6.18 Å². The van der Waals surface area contributed by atoms with E-state index in [-0.39, 0.29) is 12.2 Å². The molecule has 0 radical (unpaired) electrons. The molecule has 8 heteroatoms. The molecule has 2 heterocycles. The number of carbonyl (C=O) groups excluding carboxylic acids is 1. The zero-order chi connectivity index (χ0) is 19.6. The molecule has 0 saturated carbocycles. The fourth-order valence-electron chi connectivity index (χ4n) is 2.74. The van der Waals surface area contributed by atoms with Crippen LogP contribution in [0.15, 0.2) is 55.0 Å². The van der Waals surface area contributed by atoms with Crippen LogP contribution in [0.4, 0.5) is 13.2 Å². The van der Waals surface area contributed by atoms with E-state index in [9.17, 15) is 23.1 Å². The lowest BCUT2D eigenvalue weighted by Crippen LogP contribution is -2.43. The molecule has 1 N–H and O–H groups in total. The number of nitrogens with zero attached hydrogens (tertiary/aromatic N) is 3. The number of rotatable bonds is 5. The molecular weight excluding hydrogens is 359 g/mol. The van der Waals surface area contributed by atoms with Gasteiger partial charge in [-0.25, -0.2) is 4.98 Å². The highest BCUT2D eigenvalue weighted by Gasteiger charge is 2.40. The molecular formula is C19H18F3N3O2. The Morgan fingerprint density at radius 2 is 1.96 bits per heavy atom. The van der Waals surface area contributed by atoms with E-state index in [2.05, 4.69) is 4.98 Å². The van der Waals surface area contributed by atoms with E-state index in [1.807, 2.05) is 13.0 Å². The zero-order valence-electron chi connectivity index (χ0n) is 14.5. The lowest BCUT2D eigenvalue weighted by molar-refractivity contribution is -0.206. The summed E-state index contributed by atoms with van der Waals surface area (Å²) in [5.74, 6) is -0.671. The number of carbonyl (C=O) groups is 1. The number of aliphatic hydroxyl groups excluding tert-OH is 1. The SMILES string of the molecule is Cc1ccn2cnc(C(=O)N(Cc3ccccc3)CC(O)C(F)(F)F)c2c1. The molecule has 3 aromatic rings. The Balaban J connectivity index is 1.95. The van der Waals surface area contributed by atoms with Gasteiger partial charge in [-0.3, -0.25) is 4.79 Å². The molecule has 3 rings (SSSR count). The molecule has 0 spiro atoms. The summed E-state index contributed by atoms with van der Waals surface area (Å²) in [5, 5.41) is 9.49. The number of alkyl halides is 3. The molecule has 0 bridgehead atoms. The van der Waals surface area contributed by atoms with E-state index in [1.165, 1.54) is 6.33 Å². The van der Waals surface area contributed by atoms with Crippen molar-refractivity contribution < 1.29 is 23.1 Å². The molecule has 1 aromatic carbocycles. The standard InChI is InChI=1S/C19H18F3N3O2/c1-13-7-8-24-12-23-17(15(24)9-13)18(27)25(11-16(26)19(20,21)22)10-14-5-3-2-4-6-14/h2-9,12,16,26H,10-11H2,1H3. The third kappa shape index (κ3) is 4.28. The molecule has 0 aliphatic heterocycles. The highest BCUT2D eigenvalue weighted by molar-refractivity contribution is 5.99. The summed E-state index contributed by atoms with van der Waals surface area (Å²) in [6, 6.07) is 12.2. The van der Waals surface area contributed by atoms with Gasteiger partial charge in [-0.1, -0.05) is 30.3 Å². The minimum atomic E-state index is -4.82. The van der Waals surface area contributed by atoms with Crippen molar-refractivity contribution in [3.8, 4) is 0 Å². The Hall–Kier alpha value is -2.87. The van der Waals surface area contributed by atoms with Crippen LogP contribution in [0.25, 0.3) is 5.52 Å². The summed E-state index contributed by atoms with van der Waals surface area (Å²) in [7, 11) is 0. The first kappa shape index (κ1) is 18.9. The topological polar surface area (TPSA) is 57.8 Å². The second kappa shape index (κ2) is 7.40. The fourth-order valence-corrected chi connectivity index (χ4v) is 2.74. The van der Waals surface area contributed by atoms with E-state index in [1.54, 1.807) is 47.0 Å². The molecule has 5 nitrogen and oxygen atoms in total. The molecule has 142 valence electrons. The third-order valence-electron chi connectivity index (χ3n) is 4.17. The number of benzene rings is 1. The zero-order valence-corrected chi connectivity index (χ0v) is 14.5. The summed E-state index contributed by atoms with van der Waals surface area (Å²) >= 11 is 0. The number of amides is 1. The van der Waals surface area contributed by atoms with Crippen LogP contribution in [0, 0.1) is 6.92 Å². The average molecular weight is 377 g/mol. The van der Waals surface area contributed by atoms with Gasteiger partial charge in [-0.15, -0.1) is 0 Å². The summed E-state index contributed by atoms with van der Waals surface area (Å²) in [5.41, 5.74) is 2.09. The van der Waals surface area contributed by atoms with Gasteiger partial charge in [0.2, 0.25) is 0 Å². The van der Waals surface area contributed by atoms with Crippen molar-refractivity contribution in [2.24, 2.45) is 0 Å². The van der Waals surface area contributed by atoms with E-state index < -0.39 is 24.7 Å². The summed E-state index contributed by atoms with van der Waals surface area (Å²) in [4.78, 5) is 18.0. The molecule has 1 amide bonds. The largest absolute Gasteiger partial charge is 0.416 e. The molecule has 0 aliphatic carbocycles. The molecule has 2 aromatic heterocycles. The number of hydrogen-bond acceptors (Lipinski definition) is 3. The maximum Gasteiger partial charge on any atom is 0.416 e. The first-order valence-corrected chi connectivity index (χ1v) is 8.27. The first-order valence-electron chi connectivity index (χ1n) is 8.27. The number of imidazole rings is 1. The van der Waals surface area contributed by atoms with Gasteiger partial charge in [0.25, 0.3) is 5.91 Å². The molecule has 0 aliphatic rings. The normalized spacial score (nSPS) is 12.9. The van der Waals surface area contributed by atoms with Crippen molar-refractivity contribution in [1.82, 2.24) is 14.3 Å². The number of pyridine rings is 1. The van der Waals surface area contributed by atoms with E-state index >= 15 is 0 Å². The third-order valence-corrected chi connectivity index (χ3v) is 4.17. The summed E-state index contributed by atoms with van der Waals surface area (Å²) in [6.07, 6.45) is -4.30. The highest BCUT2D eigenvalue weighted by atomic mass is 19.4. The van der Waals surface area contributed by atoms with Gasteiger partial charge in [0.15, 0.2) is 11.8 Å². The second-order valence-corrected chi connectivity index (χ2v) is 6.32. The van der Waals surface area contributed by atoms with Crippen molar-refractivity contribution in [2.75, 3.05) is 6.54 Å². The maximum absolute atomic E-state index is 13.0. The monoisotopic (exact) mass is 377 g/mol. The maximum atomic E-state index is 13.0. The van der Waals surface area contributed by atoms with Crippen LogP contribution in [0.5, 0.6) is 0 Å². The van der Waals surface area contributed by atoms with Crippen LogP contribution in [0.3, 0.4) is 0 Å². The Morgan fingerprint density at radius 1 is 1.26 bits per heavy atom. The Morgan fingerprint density at radius 3 is 2.63 bits per heavy atom. The fraction of sp³-hybridized carbons (Fsp3) is 0.263. The van der Waals surface area contributed by atoms with Gasteiger partial charge in [0.1, 0.15) is 6.33 Å². The summed E-state index contributed by atoms with van der Waals surface area (Å²) < 4.78 is 40.2. The molecule has 1 atom stereocenters. The van der Waals surface area contributed by atoms with Crippen molar-refractivity contribution in [3.05, 3.63) is 71.8 Å². The quantitative estimate of drug-likeness (QED) is 0.743. The predicted molar refractivity (Wildman–Crippen MR) is 93.2 cm³/mol. The summed E-state index contributed by atoms with van der Waals surface area (Å²) in [6.45, 7) is 0.899. The van der Waals surface area contributed by atoms with Crippen molar-refractivity contribution in [2.45, 2.75) is 25.7 Å². The minimum absolute atomic E-state index is 0.0454.